The average molecular weight is 303 g/mol. The molecule has 0 aliphatic rings. The van der Waals surface area contributed by atoms with Crippen LogP contribution in [0.1, 0.15) is 25.0 Å². The third-order valence-corrected chi connectivity index (χ3v) is 4.19. The van der Waals surface area contributed by atoms with E-state index in [1.165, 1.54) is 5.56 Å². The van der Waals surface area contributed by atoms with Crippen LogP contribution < -0.4 is 10.5 Å². The monoisotopic (exact) mass is 303 g/mol. The molecular weight excluding hydrogens is 282 g/mol. The summed E-state index contributed by atoms with van der Waals surface area (Å²) in [6, 6.07) is 26.2. The minimum Gasteiger partial charge on any atom is -0.455 e. The van der Waals surface area contributed by atoms with Crippen molar-refractivity contribution in [2.45, 2.75) is 19.3 Å². The number of anilines is 1. The Morgan fingerprint density at radius 1 is 0.696 bits per heavy atom. The van der Waals surface area contributed by atoms with Crippen LogP contribution >= 0.6 is 0 Å². The van der Waals surface area contributed by atoms with Gasteiger partial charge in [0.1, 0.15) is 11.5 Å². The van der Waals surface area contributed by atoms with Crippen LogP contribution in [0.2, 0.25) is 0 Å². The minimum absolute atomic E-state index is 0.165. The molecule has 2 nitrogen and oxygen atoms in total. The Balaban J connectivity index is 2.03. The Labute approximate surface area is 137 Å². The molecule has 3 aromatic carbocycles. The highest BCUT2D eigenvalue weighted by Gasteiger charge is 2.26. The molecule has 2 heteroatoms. The van der Waals surface area contributed by atoms with E-state index in [0.717, 1.165) is 11.3 Å². The molecule has 0 amide bonds. The minimum atomic E-state index is -0.165. The molecule has 3 aromatic rings. The molecule has 0 saturated heterocycles. The van der Waals surface area contributed by atoms with E-state index < -0.39 is 0 Å². The van der Waals surface area contributed by atoms with Gasteiger partial charge < -0.3 is 10.5 Å². The fraction of sp³-hybridized carbons (Fsp3) is 0.143. The van der Waals surface area contributed by atoms with Crippen LogP contribution in [-0.2, 0) is 5.41 Å². The largest absolute Gasteiger partial charge is 0.455 e. The van der Waals surface area contributed by atoms with Crippen molar-refractivity contribution in [3.63, 3.8) is 0 Å². The van der Waals surface area contributed by atoms with Gasteiger partial charge in [0.05, 0.1) is 5.69 Å². The summed E-state index contributed by atoms with van der Waals surface area (Å²) in [6.07, 6.45) is 0. The fourth-order valence-electron chi connectivity index (χ4n) is 2.77. The third kappa shape index (κ3) is 3.07. The first-order valence-corrected chi connectivity index (χ1v) is 7.76. The van der Waals surface area contributed by atoms with E-state index in [0.29, 0.717) is 11.4 Å². The van der Waals surface area contributed by atoms with Gasteiger partial charge in [0.2, 0.25) is 0 Å². The molecule has 0 heterocycles. The van der Waals surface area contributed by atoms with E-state index in [9.17, 15) is 0 Å². The molecule has 0 fully saturated rings. The van der Waals surface area contributed by atoms with Crippen molar-refractivity contribution in [3.8, 4) is 11.5 Å². The molecular formula is C21H21NO. The Morgan fingerprint density at radius 2 is 1.26 bits per heavy atom. The summed E-state index contributed by atoms with van der Waals surface area (Å²) in [5.41, 5.74) is 8.87. The fourth-order valence-corrected chi connectivity index (χ4v) is 2.77. The molecule has 0 bridgehead atoms. The summed E-state index contributed by atoms with van der Waals surface area (Å²) < 4.78 is 6.12. The average Bonchev–Trinajstić information content (AvgIpc) is 2.58. The van der Waals surface area contributed by atoms with Gasteiger partial charge in [0.15, 0.2) is 0 Å². The summed E-state index contributed by atoms with van der Waals surface area (Å²) in [4.78, 5) is 0. The van der Waals surface area contributed by atoms with Gasteiger partial charge in [-0.25, -0.2) is 0 Å². The summed E-state index contributed by atoms with van der Waals surface area (Å²) >= 11 is 0. The summed E-state index contributed by atoms with van der Waals surface area (Å²) in [7, 11) is 0. The summed E-state index contributed by atoms with van der Waals surface area (Å²) in [5, 5.41) is 0. The van der Waals surface area contributed by atoms with Crippen LogP contribution in [0, 0.1) is 0 Å². The lowest BCUT2D eigenvalue weighted by molar-refractivity contribution is 0.464. The lowest BCUT2D eigenvalue weighted by Gasteiger charge is -2.28. The lowest BCUT2D eigenvalue weighted by Crippen LogP contribution is -2.19. The van der Waals surface area contributed by atoms with Gasteiger partial charge in [-0.05, 0) is 23.8 Å². The van der Waals surface area contributed by atoms with Gasteiger partial charge >= 0.3 is 0 Å². The second kappa shape index (κ2) is 6.17. The number of hydrogen-bond acceptors (Lipinski definition) is 2. The molecule has 2 N–H and O–H groups in total. The van der Waals surface area contributed by atoms with Gasteiger partial charge in [0.25, 0.3) is 0 Å². The standard InChI is InChI=1S/C21H21NO/c1-21(2,16-10-4-3-5-11-16)17-12-6-8-14-19(17)23-20-15-9-7-13-18(20)22/h3-15H,22H2,1-2H3. The Kier molecular flexibility index (Phi) is 4.07. The number of rotatable bonds is 4. The Bertz CT molecular complexity index is 794. The topological polar surface area (TPSA) is 35.2 Å². The lowest BCUT2D eigenvalue weighted by atomic mass is 9.78. The number of para-hydroxylation sites is 3. The molecule has 3 rings (SSSR count). The SMILES string of the molecule is CC(C)(c1ccccc1)c1ccccc1Oc1ccccc1N. The zero-order valence-electron chi connectivity index (χ0n) is 13.5. The molecule has 0 aliphatic heterocycles. The van der Waals surface area contributed by atoms with Gasteiger partial charge in [-0.3, -0.25) is 0 Å². The smallest absolute Gasteiger partial charge is 0.150 e. The maximum Gasteiger partial charge on any atom is 0.150 e. The predicted octanol–water partition coefficient (Wildman–Crippen LogP) is 5.39. The van der Waals surface area contributed by atoms with Crippen molar-refractivity contribution in [2.75, 3.05) is 5.73 Å². The molecule has 0 aromatic heterocycles. The number of nitrogen functional groups attached to an aromatic ring is 1. The maximum absolute atomic E-state index is 6.12. The highest BCUT2D eigenvalue weighted by atomic mass is 16.5. The van der Waals surface area contributed by atoms with Crippen molar-refractivity contribution < 1.29 is 4.74 Å². The number of ether oxygens (including phenoxy) is 1. The number of nitrogens with two attached hydrogens (primary N) is 1. The van der Waals surface area contributed by atoms with Crippen molar-refractivity contribution in [3.05, 3.63) is 90.0 Å². The van der Waals surface area contributed by atoms with E-state index in [1.54, 1.807) is 0 Å². The molecule has 0 spiro atoms. The maximum atomic E-state index is 6.12. The highest BCUT2D eigenvalue weighted by molar-refractivity contribution is 5.55. The third-order valence-electron chi connectivity index (χ3n) is 4.19. The second-order valence-electron chi connectivity index (χ2n) is 6.13. The Morgan fingerprint density at radius 3 is 1.96 bits per heavy atom. The van der Waals surface area contributed by atoms with Crippen molar-refractivity contribution in [1.82, 2.24) is 0 Å². The van der Waals surface area contributed by atoms with Crippen molar-refractivity contribution >= 4 is 5.69 Å². The van der Waals surface area contributed by atoms with Crippen LogP contribution in [0.3, 0.4) is 0 Å². The van der Waals surface area contributed by atoms with Crippen molar-refractivity contribution in [1.29, 1.82) is 0 Å². The molecule has 0 unspecified atom stereocenters. The zero-order valence-corrected chi connectivity index (χ0v) is 13.5. The van der Waals surface area contributed by atoms with Gasteiger partial charge in [-0.15, -0.1) is 0 Å². The zero-order chi connectivity index (χ0) is 16.3. The normalized spacial score (nSPS) is 11.2. The number of hydrogen-bond donors (Lipinski definition) is 1. The molecule has 0 radical (unpaired) electrons. The van der Waals surface area contributed by atoms with E-state index in [2.05, 4.69) is 44.2 Å². The van der Waals surface area contributed by atoms with Crippen molar-refractivity contribution in [2.24, 2.45) is 0 Å². The summed E-state index contributed by atoms with van der Waals surface area (Å²) in [5.74, 6) is 1.52. The van der Waals surface area contributed by atoms with Crippen LogP contribution in [0.15, 0.2) is 78.9 Å². The van der Waals surface area contributed by atoms with E-state index in [-0.39, 0.29) is 5.41 Å². The van der Waals surface area contributed by atoms with Gasteiger partial charge in [0, 0.05) is 11.0 Å². The summed E-state index contributed by atoms with van der Waals surface area (Å²) in [6.45, 7) is 4.41. The van der Waals surface area contributed by atoms with Crippen LogP contribution in [0.4, 0.5) is 5.69 Å². The molecule has 0 saturated carbocycles. The van der Waals surface area contributed by atoms with E-state index in [4.69, 9.17) is 10.5 Å². The van der Waals surface area contributed by atoms with Gasteiger partial charge in [-0.2, -0.15) is 0 Å². The first-order valence-electron chi connectivity index (χ1n) is 7.76. The molecule has 0 atom stereocenters. The highest BCUT2D eigenvalue weighted by Crippen LogP contribution is 2.39. The quantitative estimate of drug-likeness (QED) is 0.656. The Hall–Kier alpha value is -2.74. The second-order valence-corrected chi connectivity index (χ2v) is 6.13. The van der Waals surface area contributed by atoms with Crippen LogP contribution in [0.25, 0.3) is 0 Å². The number of benzene rings is 3. The molecule has 0 aliphatic carbocycles. The first kappa shape index (κ1) is 15.2. The predicted molar refractivity (Wildman–Crippen MR) is 95.9 cm³/mol. The molecule has 116 valence electrons. The van der Waals surface area contributed by atoms with Gasteiger partial charge in [-0.1, -0.05) is 74.5 Å². The van der Waals surface area contributed by atoms with Crippen LogP contribution in [-0.4, -0.2) is 0 Å². The molecule has 23 heavy (non-hydrogen) atoms. The van der Waals surface area contributed by atoms with Crippen LogP contribution in [0.5, 0.6) is 11.5 Å². The van der Waals surface area contributed by atoms with E-state index >= 15 is 0 Å². The van der Waals surface area contributed by atoms with E-state index in [1.807, 2.05) is 48.5 Å². The first-order chi connectivity index (χ1) is 11.1.